The van der Waals surface area contributed by atoms with Crippen LogP contribution in [0.5, 0.6) is 0 Å². The van der Waals surface area contributed by atoms with Crippen LogP contribution in [-0.4, -0.2) is 65.7 Å². The summed E-state index contributed by atoms with van der Waals surface area (Å²) in [6.45, 7) is 1.88. The van der Waals surface area contributed by atoms with Crippen LogP contribution in [0.1, 0.15) is 12.8 Å². The molecule has 3 heterocycles. The molecular weight excluding hydrogens is 328 g/mol. The fourth-order valence-corrected chi connectivity index (χ4v) is 4.00. The van der Waals surface area contributed by atoms with Gasteiger partial charge in [-0.1, -0.05) is 0 Å². The highest BCUT2D eigenvalue weighted by Gasteiger charge is 2.29. The Balaban J connectivity index is 1.59. The average molecular weight is 350 g/mol. The standard InChI is InChI=1S/C15H22N6O2S/c1-20(2)24(22,23)21-7-4-12(5-8-21)9-17-15-13-3-6-16-10-14(13)18-11-19-15/h3,6,10-12H,4-5,7-9H2,1-2H3,(H,17,18,19). The summed E-state index contributed by atoms with van der Waals surface area (Å²) in [7, 11) is -0.166. The van der Waals surface area contributed by atoms with Crippen LogP contribution in [0.3, 0.4) is 0 Å². The second-order valence-electron chi connectivity index (χ2n) is 6.13. The Morgan fingerprint density at radius 2 is 2.04 bits per heavy atom. The van der Waals surface area contributed by atoms with Crippen LogP contribution in [0.25, 0.3) is 10.9 Å². The Hall–Kier alpha value is -1.84. The van der Waals surface area contributed by atoms with Crippen molar-refractivity contribution in [3.05, 3.63) is 24.8 Å². The molecule has 130 valence electrons. The van der Waals surface area contributed by atoms with Crippen LogP contribution < -0.4 is 5.32 Å². The van der Waals surface area contributed by atoms with Crippen LogP contribution in [-0.2, 0) is 10.2 Å². The van der Waals surface area contributed by atoms with Gasteiger partial charge in [0.15, 0.2) is 0 Å². The summed E-state index contributed by atoms with van der Waals surface area (Å²) in [5.41, 5.74) is 0.807. The van der Waals surface area contributed by atoms with Gasteiger partial charge in [0.25, 0.3) is 10.2 Å². The highest BCUT2D eigenvalue weighted by atomic mass is 32.2. The third-order valence-corrected chi connectivity index (χ3v) is 6.30. The Kier molecular flexibility index (Phi) is 4.93. The average Bonchev–Trinajstić information content (AvgIpc) is 2.60. The van der Waals surface area contributed by atoms with Gasteiger partial charge in [0.2, 0.25) is 0 Å². The number of nitrogens with one attached hydrogen (secondary N) is 1. The molecule has 0 amide bonds. The number of piperidine rings is 1. The molecule has 3 rings (SSSR count). The van der Waals surface area contributed by atoms with Crippen molar-refractivity contribution in [2.75, 3.05) is 39.0 Å². The van der Waals surface area contributed by atoms with Gasteiger partial charge in [-0.05, 0) is 24.8 Å². The second kappa shape index (κ2) is 6.96. The smallest absolute Gasteiger partial charge is 0.281 e. The summed E-state index contributed by atoms with van der Waals surface area (Å²) in [6, 6.07) is 1.89. The zero-order valence-electron chi connectivity index (χ0n) is 13.9. The van der Waals surface area contributed by atoms with Crippen molar-refractivity contribution in [1.82, 2.24) is 23.6 Å². The summed E-state index contributed by atoms with van der Waals surface area (Å²) < 4.78 is 27.1. The molecule has 0 saturated carbocycles. The van der Waals surface area contributed by atoms with Gasteiger partial charge in [-0.15, -0.1) is 0 Å². The summed E-state index contributed by atoms with van der Waals surface area (Å²) in [5.74, 6) is 1.22. The van der Waals surface area contributed by atoms with Crippen molar-refractivity contribution in [2.24, 2.45) is 5.92 Å². The van der Waals surface area contributed by atoms with E-state index in [1.165, 1.54) is 10.6 Å². The fourth-order valence-electron chi connectivity index (χ4n) is 2.86. The number of hydrogen-bond donors (Lipinski definition) is 1. The van der Waals surface area contributed by atoms with Crippen LogP contribution in [0.15, 0.2) is 24.8 Å². The summed E-state index contributed by atoms with van der Waals surface area (Å²) in [4.78, 5) is 12.6. The highest BCUT2D eigenvalue weighted by molar-refractivity contribution is 7.86. The maximum absolute atomic E-state index is 12.1. The van der Waals surface area contributed by atoms with Crippen LogP contribution in [0.4, 0.5) is 5.82 Å². The lowest BCUT2D eigenvalue weighted by Gasteiger charge is -2.32. The highest BCUT2D eigenvalue weighted by Crippen LogP contribution is 2.22. The van der Waals surface area contributed by atoms with Crippen LogP contribution in [0, 0.1) is 5.92 Å². The molecular formula is C15H22N6O2S. The van der Waals surface area contributed by atoms with E-state index in [9.17, 15) is 8.42 Å². The fraction of sp³-hybridized carbons (Fsp3) is 0.533. The minimum atomic E-state index is -3.30. The summed E-state index contributed by atoms with van der Waals surface area (Å²) in [5, 5.41) is 4.32. The number of anilines is 1. The van der Waals surface area contributed by atoms with Gasteiger partial charge < -0.3 is 5.32 Å². The van der Waals surface area contributed by atoms with E-state index in [1.807, 2.05) is 6.07 Å². The van der Waals surface area contributed by atoms with Gasteiger partial charge >= 0.3 is 0 Å². The third kappa shape index (κ3) is 3.47. The molecule has 8 nitrogen and oxygen atoms in total. The van der Waals surface area contributed by atoms with Gasteiger partial charge in [-0.25, -0.2) is 9.97 Å². The molecule has 1 aliphatic rings. The van der Waals surface area contributed by atoms with Gasteiger partial charge in [0, 0.05) is 45.3 Å². The van der Waals surface area contributed by atoms with E-state index >= 15 is 0 Å². The molecule has 1 aliphatic heterocycles. The van der Waals surface area contributed by atoms with E-state index < -0.39 is 10.2 Å². The molecule has 0 unspecified atom stereocenters. The quantitative estimate of drug-likeness (QED) is 0.863. The van der Waals surface area contributed by atoms with Crippen molar-refractivity contribution >= 4 is 26.9 Å². The molecule has 0 atom stereocenters. The molecule has 24 heavy (non-hydrogen) atoms. The number of nitrogens with zero attached hydrogens (tertiary/aromatic N) is 5. The van der Waals surface area contributed by atoms with E-state index in [0.717, 1.165) is 36.1 Å². The van der Waals surface area contributed by atoms with Gasteiger partial charge in [0.1, 0.15) is 12.1 Å². The molecule has 9 heteroatoms. The van der Waals surface area contributed by atoms with Crippen molar-refractivity contribution < 1.29 is 8.42 Å². The predicted molar refractivity (Wildman–Crippen MR) is 92.7 cm³/mol. The lowest BCUT2D eigenvalue weighted by molar-refractivity contribution is 0.270. The van der Waals surface area contributed by atoms with Crippen molar-refractivity contribution in [3.63, 3.8) is 0 Å². The van der Waals surface area contributed by atoms with Crippen molar-refractivity contribution in [1.29, 1.82) is 0 Å². The Morgan fingerprint density at radius 3 is 2.75 bits per heavy atom. The molecule has 1 fully saturated rings. The molecule has 2 aromatic heterocycles. The molecule has 0 spiro atoms. The molecule has 0 aliphatic carbocycles. The lowest BCUT2D eigenvalue weighted by atomic mass is 9.98. The first-order valence-electron chi connectivity index (χ1n) is 7.94. The van der Waals surface area contributed by atoms with Gasteiger partial charge in [-0.2, -0.15) is 17.0 Å². The topological polar surface area (TPSA) is 91.3 Å². The van der Waals surface area contributed by atoms with Gasteiger partial charge in [0.05, 0.1) is 11.7 Å². The Labute approximate surface area is 142 Å². The minimum absolute atomic E-state index is 0.422. The van der Waals surface area contributed by atoms with E-state index in [0.29, 0.717) is 19.0 Å². The molecule has 1 saturated heterocycles. The largest absolute Gasteiger partial charge is 0.369 e. The summed E-state index contributed by atoms with van der Waals surface area (Å²) >= 11 is 0. The molecule has 2 aromatic rings. The third-order valence-electron chi connectivity index (χ3n) is 4.36. The zero-order chi connectivity index (χ0) is 17.2. The van der Waals surface area contributed by atoms with Crippen molar-refractivity contribution in [3.8, 4) is 0 Å². The normalized spacial score (nSPS) is 17.5. The van der Waals surface area contributed by atoms with E-state index in [2.05, 4.69) is 20.3 Å². The number of fused-ring (bicyclic) bond motifs is 1. The predicted octanol–water partition coefficient (Wildman–Crippen LogP) is 0.955. The molecule has 0 bridgehead atoms. The molecule has 0 aromatic carbocycles. The van der Waals surface area contributed by atoms with E-state index in [-0.39, 0.29) is 0 Å². The first kappa shape index (κ1) is 17.0. The maximum Gasteiger partial charge on any atom is 0.281 e. The number of pyridine rings is 1. The second-order valence-corrected chi connectivity index (χ2v) is 8.27. The number of rotatable bonds is 5. The van der Waals surface area contributed by atoms with E-state index in [1.54, 1.807) is 30.8 Å². The Bertz CT molecular complexity index is 797. The first-order chi connectivity index (χ1) is 11.5. The maximum atomic E-state index is 12.1. The minimum Gasteiger partial charge on any atom is -0.369 e. The van der Waals surface area contributed by atoms with Crippen LogP contribution in [0.2, 0.25) is 0 Å². The number of hydrogen-bond acceptors (Lipinski definition) is 6. The van der Waals surface area contributed by atoms with Crippen molar-refractivity contribution in [2.45, 2.75) is 12.8 Å². The molecule has 0 radical (unpaired) electrons. The first-order valence-corrected chi connectivity index (χ1v) is 9.34. The lowest BCUT2D eigenvalue weighted by Crippen LogP contribution is -2.45. The monoisotopic (exact) mass is 350 g/mol. The van der Waals surface area contributed by atoms with Crippen LogP contribution >= 0.6 is 0 Å². The van der Waals surface area contributed by atoms with E-state index in [4.69, 9.17) is 0 Å². The SMILES string of the molecule is CN(C)S(=O)(=O)N1CCC(CNc2ncnc3cnccc23)CC1. The Morgan fingerprint density at radius 1 is 1.29 bits per heavy atom. The molecule has 1 N–H and O–H groups in total. The zero-order valence-corrected chi connectivity index (χ0v) is 14.7. The van der Waals surface area contributed by atoms with Gasteiger partial charge in [-0.3, -0.25) is 4.98 Å². The number of aromatic nitrogens is 3. The summed E-state index contributed by atoms with van der Waals surface area (Å²) in [6.07, 6.45) is 6.64.